The summed E-state index contributed by atoms with van der Waals surface area (Å²) in [6.07, 6.45) is 3.12. The Kier molecular flexibility index (Phi) is 6.14. The van der Waals surface area contributed by atoms with Crippen LogP contribution < -0.4 is 15.6 Å². The van der Waals surface area contributed by atoms with Crippen molar-refractivity contribution in [2.45, 2.75) is 32.5 Å². The third-order valence-corrected chi connectivity index (χ3v) is 7.40. The fraction of sp³-hybridized carbons (Fsp3) is 0.267. The Labute approximate surface area is 215 Å². The van der Waals surface area contributed by atoms with E-state index in [1.165, 1.54) is 41.0 Å². The van der Waals surface area contributed by atoms with Gasteiger partial charge >= 0.3 is 0 Å². The third kappa shape index (κ3) is 4.47. The Morgan fingerprint density at radius 3 is 2.70 bits per heavy atom. The van der Waals surface area contributed by atoms with Crippen LogP contribution in [0.1, 0.15) is 38.5 Å². The number of fused-ring (bicyclic) bond motifs is 4. The molecule has 3 heterocycles. The summed E-state index contributed by atoms with van der Waals surface area (Å²) in [5, 5.41) is 2.91. The molecule has 1 aliphatic carbocycles. The molecule has 0 saturated carbocycles. The molecular weight excluding hydrogens is 466 g/mol. The molecule has 0 saturated heterocycles. The summed E-state index contributed by atoms with van der Waals surface area (Å²) in [6, 6.07) is 20.4. The van der Waals surface area contributed by atoms with Gasteiger partial charge in [-0.3, -0.25) is 14.5 Å². The first kappa shape index (κ1) is 23.3. The highest BCUT2D eigenvalue weighted by molar-refractivity contribution is 5.98. The quantitative estimate of drug-likeness (QED) is 0.385. The number of aromatic nitrogens is 1. The van der Waals surface area contributed by atoms with Crippen molar-refractivity contribution in [3.05, 3.63) is 111 Å². The zero-order chi connectivity index (χ0) is 25.4. The highest BCUT2D eigenvalue weighted by atomic mass is 16.5. The van der Waals surface area contributed by atoms with Crippen LogP contribution in [-0.4, -0.2) is 35.6 Å². The number of amides is 1. The fourth-order valence-corrected chi connectivity index (χ4v) is 5.58. The lowest BCUT2D eigenvalue weighted by molar-refractivity contribution is 0.0942. The largest absolute Gasteiger partial charge is 0.496 e. The van der Waals surface area contributed by atoms with Crippen molar-refractivity contribution in [3.8, 4) is 16.9 Å². The van der Waals surface area contributed by atoms with Gasteiger partial charge in [0.25, 0.3) is 11.5 Å². The highest BCUT2D eigenvalue weighted by Gasteiger charge is 2.26. The van der Waals surface area contributed by atoms with Gasteiger partial charge < -0.3 is 19.0 Å². The fourth-order valence-electron chi connectivity index (χ4n) is 5.58. The maximum absolute atomic E-state index is 13.2. The third-order valence-electron chi connectivity index (χ3n) is 7.40. The van der Waals surface area contributed by atoms with E-state index in [0.29, 0.717) is 35.7 Å². The molecule has 0 fully saturated rings. The minimum Gasteiger partial charge on any atom is -0.496 e. The van der Waals surface area contributed by atoms with Crippen LogP contribution in [0.5, 0.6) is 5.75 Å². The summed E-state index contributed by atoms with van der Waals surface area (Å²) in [5.74, 6) is 0.693. The number of methoxy groups -OCH3 is 1. The molecule has 6 rings (SSSR count). The van der Waals surface area contributed by atoms with Crippen LogP contribution in [0.3, 0.4) is 0 Å². The van der Waals surface area contributed by atoms with Gasteiger partial charge in [0.15, 0.2) is 0 Å². The van der Waals surface area contributed by atoms with Crippen LogP contribution in [0.15, 0.2) is 76.1 Å². The molecular formula is C30H29N3O4. The molecule has 0 spiro atoms. The molecule has 37 heavy (non-hydrogen) atoms. The van der Waals surface area contributed by atoms with Gasteiger partial charge in [-0.25, -0.2) is 0 Å². The van der Waals surface area contributed by atoms with Crippen molar-refractivity contribution in [2.24, 2.45) is 0 Å². The predicted molar refractivity (Wildman–Crippen MR) is 141 cm³/mol. The number of nitrogens with zero attached hydrogens (tertiary/aromatic N) is 2. The lowest BCUT2D eigenvalue weighted by Crippen LogP contribution is -2.31. The molecule has 1 aliphatic heterocycles. The van der Waals surface area contributed by atoms with Crippen molar-refractivity contribution >= 4 is 5.91 Å². The second kappa shape index (κ2) is 9.75. The Morgan fingerprint density at radius 2 is 1.86 bits per heavy atom. The summed E-state index contributed by atoms with van der Waals surface area (Å²) in [6.45, 7) is 3.05. The average Bonchev–Trinajstić information content (AvgIpc) is 3.51. The second-order valence-corrected chi connectivity index (χ2v) is 9.64. The van der Waals surface area contributed by atoms with Crippen LogP contribution in [0.25, 0.3) is 11.1 Å². The van der Waals surface area contributed by atoms with Crippen molar-refractivity contribution in [1.82, 2.24) is 14.8 Å². The van der Waals surface area contributed by atoms with E-state index in [1.807, 2.05) is 6.07 Å². The summed E-state index contributed by atoms with van der Waals surface area (Å²) < 4.78 is 12.5. The zero-order valence-electron chi connectivity index (χ0n) is 20.8. The maximum Gasteiger partial charge on any atom is 0.257 e. The van der Waals surface area contributed by atoms with E-state index in [1.54, 1.807) is 16.9 Å². The van der Waals surface area contributed by atoms with Crippen molar-refractivity contribution in [3.63, 3.8) is 0 Å². The molecule has 7 nitrogen and oxygen atoms in total. The van der Waals surface area contributed by atoms with E-state index in [0.717, 1.165) is 26.1 Å². The van der Waals surface area contributed by atoms with Gasteiger partial charge in [-0.05, 0) is 46.4 Å². The number of rotatable bonds is 6. The minimum atomic E-state index is -0.274. The Morgan fingerprint density at radius 1 is 1.00 bits per heavy atom. The molecule has 188 valence electrons. The normalized spacial score (nSPS) is 14.4. The first-order chi connectivity index (χ1) is 18.1. The molecule has 1 amide bonds. The predicted octanol–water partition coefficient (Wildman–Crippen LogP) is 4.01. The van der Waals surface area contributed by atoms with Crippen molar-refractivity contribution < 1.29 is 13.9 Å². The highest BCUT2D eigenvalue weighted by Crippen LogP contribution is 2.37. The van der Waals surface area contributed by atoms with Gasteiger partial charge in [0.2, 0.25) is 0 Å². The van der Waals surface area contributed by atoms with Crippen LogP contribution in [0, 0.1) is 0 Å². The number of carbonyl (C=O) groups is 1. The summed E-state index contributed by atoms with van der Waals surface area (Å²) in [7, 11) is 1.49. The molecule has 2 aromatic carbocycles. The van der Waals surface area contributed by atoms with E-state index in [-0.39, 0.29) is 18.0 Å². The van der Waals surface area contributed by atoms with E-state index in [2.05, 4.69) is 52.7 Å². The zero-order valence-corrected chi connectivity index (χ0v) is 20.8. The number of carbonyl (C=O) groups excluding carboxylic acids is 1. The van der Waals surface area contributed by atoms with E-state index < -0.39 is 0 Å². The van der Waals surface area contributed by atoms with E-state index in [4.69, 9.17) is 9.15 Å². The molecule has 0 bridgehead atoms. The van der Waals surface area contributed by atoms with Gasteiger partial charge in [-0.1, -0.05) is 42.5 Å². The van der Waals surface area contributed by atoms with Gasteiger partial charge in [-0.15, -0.1) is 0 Å². The maximum atomic E-state index is 13.2. The first-order valence-electron chi connectivity index (χ1n) is 12.6. The monoisotopic (exact) mass is 495 g/mol. The topological polar surface area (TPSA) is 76.7 Å². The van der Waals surface area contributed by atoms with E-state index in [9.17, 15) is 9.59 Å². The van der Waals surface area contributed by atoms with E-state index >= 15 is 0 Å². The number of ether oxygens (including phenoxy) is 1. The Balaban J connectivity index is 1.21. The van der Waals surface area contributed by atoms with Crippen LogP contribution in [0.4, 0.5) is 0 Å². The molecule has 4 aromatic rings. The number of hydrogen-bond donors (Lipinski definition) is 1. The Hall–Kier alpha value is -4.10. The number of nitrogens with one attached hydrogen (secondary N) is 1. The Bertz CT molecular complexity index is 1520. The van der Waals surface area contributed by atoms with Crippen LogP contribution in [0.2, 0.25) is 0 Å². The van der Waals surface area contributed by atoms with Gasteiger partial charge in [-0.2, -0.15) is 0 Å². The standard InChI is InChI=1S/C30H29N3O4/c1-36-27-17-28(34)33-13-12-32(11-10-26(33)29(27)30(35)31-18-23-6-4-14-37-23)19-20-8-9-25-22(15-20)16-21-5-2-3-7-24(21)25/h2-9,14-15,17H,10-13,16,18-19H2,1H3,(H,31,35). The summed E-state index contributed by atoms with van der Waals surface area (Å²) in [4.78, 5) is 28.5. The van der Waals surface area contributed by atoms with Crippen molar-refractivity contribution in [2.75, 3.05) is 20.2 Å². The molecule has 0 radical (unpaired) electrons. The smallest absolute Gasteiger partial charge is 0.257 e. The van der Waals surface area contributed by atoms with Crippen molar-refractivity contribution in [1.29, 1.82) is 0 Å². The average molecular weight is 496 g/mol. The molecule has 7 heteroatoms. The van der Waals surface area contributed by atoms with Gasteiger partial charge in [0.1, 0.15) is 17.1 Å². The molecule has 1 N–H and O–H groups in total. The molecule has 2 aliphatic rings. The van der Waals surface area contributed by atoms with Crippen LogP contribution in [-0.2, 0) is 32.5 Å². The number of furan rings is 1. The van der Waals surface area contributed by atoms with Crippen LogP contribution >= 0.6 is 0 Å². The van der Waals surface area contributed by atoms with Gasteiger partial charge in [0, 0.05) is 44.4 Å². The number of hydrogen-bond acceptors (Lipinski definition) is 5. The first-order valence-corrected chi connectivity index (χ1v) is 12.6. The lowest BCUT2D eigenvalue weighted by atomic mass is 10.0. The number of benzene rings is 2. The minimum absolute atomic E-state index is 0.147. The summed E-state index contributed by atoms with van der Waals surface area (Å²) in [5.41, 5.74) is 7.66. The lowest BCUT2D eigenvalue weighted by Gasteiger charge is -2.20. The second-order valence-electron chi connectivity index (χ2n) is 9.64. The molecule has 0 unspecified atom stereocenters. The SMILES string of the molecule is COc1cc(=O)n2c(c1C(=O)NCc1ccco1)CCN(Cc1ccc3c(c1)Cc1ccccc1-3)CC2. The molecule has 2 aromatic heterocycles. The molecule has 0 atom stereocenters. The summed E-state index contributed by atoms with van der Waals surface area (Å²) >= 11 is 0. The number of pyridine rings is 1. The van der Waals surface area contributed by atoms with Gasteiger partial charge in [0.05, 0.1) is 19.9 Å².